The van der Waals surface area contributed by atoms with Crippen LogP contribution in [-0.2, 0) is 0 Å². The lowest BCUT2D eigenvalue weighted by molar-refractivity contribution is 1.17. The van der Waals surface area contributed by atoms with Gasteiger partial charge >= 0.3 is 0 Å². The average Bonchev–Trinajstić information content (AvgIpc) is 2.35. The molecule has 0 fully saturated rings. The van der Waals surface area contributed by atoms with Crippen molar-refractivity contribution in [1.82, 2.24) is 9.97 Å². The fourth-order valence-electron chi connectivity index (χ4n) is 1.97. The van der Waals surface area contributed by atoms with Gasteiger partial charge in [0.25, 0.3) is 0 Å². The van der Waals surface area contributed by atoms with Crippen LogP contribution in [0.5, 0.6) is 0 Å². The molecule has 0 aliphatic heterocycles. The summed E-state index contributed by atoms with van der Waals surface area (Å²) in [7, 11) is 0. The van der Waals surface area contributed by atoms with Crippen LogP contribution in [0.1, 0.15) is 25.0 Å². The molecule has 0 saturated carbocycles. The van der Waals surface area contributed by atoms with E-state index < -0.39 is 0 Å². The summed E-state index contributed by atoms with van der Waals surface area (Å²) in [5.74, 6) is 0.748. The second kappa shape index (κ2) is 5.28. The van der Waals surface area contributed by atoms with E-state index in [1.165, 1.54) is 6.33 Å². The van der Waals surface area contributed by atoms with Crippen LogP contribution in [0.15, 0.2) is 36.2 Å². The van der Waals surface area contributed by atoms with E-state index in [9.17, 15) is 0 Å². The number of hydrogen-bond acceptors (Lipinski definition) is 4. The molecule has 4 nitrogen and oxygen atoms in total. The first-order valence-corrected chi connectivity index (χ1v) is 6.18. The Morgan fingerprint density at radius 2 is 1.53 bits per heavy atom. The molecule has 0 aliphatic carbocycles. The smallest absolute Gasteiger partial charge is 0.136 e. The van der Waals surface area contributed by atoms with E-state index in [2.05, 4.69) is 9.97 Å². The van der Waals surface area contributed by atoms with E-state index in [-0.39, 0.29) is 0 Å². The van der Waals surface area contributed by atoms with Crippen LogP contribution in [0.4, 0.5) is 11.6 Å². The van der Waals surface area contributed by atoms with Crippen molar-refractivity contribution in [3.8, 4) is 0 Å². The summed E-state index contributed by atoms with van der Waals surface area (Å²) >= 11 is 5.91. The zero-order valence-corrected chi connectivity index (χ0v) is 11.6. The Bertz CT molecular complexity index is 608. The number of rotatable bonds is 2. The van der Waals surface area contributed by atoms with Gasteiger partial charge < -0.3 is 11.5 Å². The number of aromatic nitrogens is 2. The van der Waals surface area contributed by atoms with Crippen molar-refractivity contribution in [2.45, 2.75) is 13.8 Å². The minimum atomic E-state index is 0.374. The number of allylic oxidation sites excluding steroid dienone is 1. The number of nitrogens with two attached hydrogens (primary N) is 2. The Balaban J connectivity index is 2.67. The summed E-state index contributed by atoms with van der Waals surface area (Å²) < 4.78 is 0. The van der Waals surface area contributed by atoms with Crippen LogP contribution in [0.3, 0.4) is 0 Å². The highest BCUT2D eigenvalue weighted by Crippen LogP contribution is 2.33. The third kappa shape index (κ3) is 2.69. The number of anilines is 2. The standard InChI is InChI=1S/C14H15ClN4/c1-8(2)11(9-3-5-10(15)6-4-9)12-13(16)18-7-19-14(12)17/h3-7H,1-2H3,(H4,16,17,18,19). The van der Waals surface area contributed by atoms with E-state index in [0.29, 0.717) is 22.2 Å². The SMILES string of the molecule is CC(C)=C(c1ccc(Cl)cc1)c1c(N)ncnc1N. The van der Waals surface area contributed by atoms with Gasteiger partial charge in [0.05, 0.1) is 5.56 Å². The highest BCUT2D eigenvalue weighted by molar-refractivity contribution is 6.30. The van der Waals surface area contributed by atoms with Gasteiger partial charge in [0.2, 0.25) is 0 Å². The Labute approximate surface area is 117 Å². The van der Waals surface area contributed by atoms with Crippen LogP contribution >= 0.6 is 11.6 Å². The monoisotopic (exact) mass is 274 g/mol. The highest BCUT2D eigenvalue weighted by atomic mass is 35.5. The van der Waals surface area contributed by atoms with E-state index >= 15 is 0 Å². The lowest BCUT2D eigenvalue weighted by atomic mass is 9.94. The first kappa shape index (κ1) is 13.4. The number of halogens is 1. The number of benzene rings is 1. The molecule has 0 spiro atoms. The van der Waals surface area contributed by atoms with Crippen molar-refractivity contribution in [3.05, 3.63) is 52.3 Å². The maximum atomic E-state index is 5.94. The number of hydrogen-bond donors (Lipinski definition) is 2. The van der Waals surface area contributed by atoms with Crippen molar-refractivity contribution in [3.63, 3.8) is 0 Å². The van der Waals surface area contributed by atoms with Crippen molar-refractivity contribution in [2.24, 2.45) is 0 Å². The molecule has 98 valence electrons. The van der Waals surface area contributed by atoms with Crippen LogP contribution in [-0.4, -0.2) is 9.97 Å². The molecule has 0 aliphatic rings. The molecule has 1 aromatic carbocycles. The van der Waals surface area contributed by atoms with Gasteiger partial charge in [-0.15, -0.1) is 0 Å². The van der Waals surface area contributed by atoms with Crippen LogP contribution in [0.25, 0.3) is 5.57 Å². The normalized spacial score (nSPS) is 10.3. The average molecular weight is 275 g/mol. The Kier molecular flexibility index (Phi) is 3.71. The quantitative estimate of drug-likeness (QED) is 0.882. The van der Waals surface area contributed by atoms with E-state index in [4.69, 9.17) is 23.1 Å². The second-order valence-electron chi connectivity index (χ2n) is 4.40. The summed E-state index contributed by atoms with van der Waals surface area (Å²) in [4.78, 5) is 8.03. The molecule has 5 heteroatoms. The van der Waals surface area contributed by atoms with E-state index in [1.807, 2.05) is 38.1 Å². The van der Waals surface area contributed by atoms with E-state index in [1.54, 1.807) is 0 Å². The fraction of sp³-hybridized carbons (Fsp3) is 0.143. The van der Waals surface area contributed by atoms with Gasteiger partial charge in [-0.1, -0.05) is 29.3 Å². The van der Waals surface area contributed by atoms with Gasteiger partial charge in [-0.2, -0.15) is 0 Å². The van der Waals surface area contributed by atoms with Crippen LogP contribution in [0.2, 0.25) is 5.02 Å². The molecule has 2 aromatic rings. The third-order valence-corrected chi connectivity index (χ3v) is 3.04. The molecule has 1 heterocycles. The molecule has 0 radical (unpaired) electrons. The zero-order chi connectivity index (χ0) is 14.0. The molecule has 0 amide bonds. The third-order valence-electron chi connectivity index (χ3n) is 2.79. The van der Waals surface area contributed by atoms with Gasteiger partial charge in [0.15, 0.2) is 0 Å². The van der Waals surface area contributed by atoms with Gasteiger partial charge in [-0.3, -0.25) is 0 Å². The lowest BCUT2D eigenvalue weighted by Gasteiger charge is -2.14. The first-order valence-electron chi connectivity index (χ1n) is 5.80. The summed E-state index contributed by atoms with van der Waals surface area (Å²) in [6, 6.07) is 7.51. The molecule has 0 bridgehead atoms. The molecule has 4 N–H and O–H groups in total. The fourth-order valence-corrected chi connectivity index (χ4v) is 2.10. The van der Waals surface area contributed by atoms with Crippen molar-refractivity contribution < 1.29 is 0 Å². The Morgan fingerprint density at radius 1 is 1.00 bits per heavy atom. The largest absolute Gasteiger partial charge is 0.383 e. The summed E-state index contributed by atoms with van der Waals surface area (Å²) in [6.07, 6.45) is 1.36. The summed E-state index contributed by atoms with van der Waals surface area (Å²) in [5.41, 5.74) is 15.5. The summed E-state index contributed by atoms with van der Waals surface area (Å²) in [6.45, 7) is 3.99. The maximum absolute atomic E-state index is 5.94. The first-order chi connectivity index (χ1) is 9.00. The molecule has 2 rings (SSSR count). The maximum Gasteiger partial charge on any atom is 0.136 e. The van der Waals surface area contributed by atoms with Crippen molar-refractivity contribution >= 4 is 28.8 Å². The molecule has 0 unspecified atom stereocenters. The van der Waals surface area contributed by atoms with Gasteiger partial charge in [-0.05, 0) is 37.1 Å². The van der Waals surface area contributed by atoms with Gasteiger partial charge in [0, 0.05) is 5.02 Å². The van der Waals surface area contributed by atoms with Gasteiger partial charge in [0.1, 0.15) is 18.0 Å². The minimum Gasteiger partial charge on any atom is -0.383 e. The molecule has 0 saturated heterocycles. The van der Waals surface area contributed by atoms with Gasteiger partial charge in [-0.25, -0.2) is 9.97 Å². The van der Waals surface area contributed by atoms with Crippen LogP contribution < -0.4 is 11.5 Å². The number of nitrogen functional groups attached to an aromatic ring is 2. The Morgan fingerprint density at radius 3 is 2.00 bits per heavy atom. The second-order valence-corrected chi connectivity index (χ2v) is 4.84. The lowest BCUT2D eigenvalue weighted by Crippen LogP contribution is -2.06. The highest BCUT2D eigenvalue weighted by Gasteiger charge is 2.15. The molecule has 19 heavy (non-hydrogen) atoms. The minimum absolute atomic E-state index is 0.374. The predicted molar refractivity (Wildman–Crippen MR) is 79.7 cm³/mol. The molecule has 0 atom stereocenters. The summed E-state index contributed by atoms with van der Waals surface area (Å²) in [5, 5.41) is 0.683. The Hall–Kier alpha value is -2.07. The molecular weight excluding hydrogens is 260 g/mol. The van der Waals surface area contributed by atoms with E-state index in [0.717, 1.165) is 16.7 Å². The zero-order valence-electron chi connectivity index (χ0n) is 10.8. The topological polar surface area (TPSA) is 77.8 Å². The number of nitrogens with zero attached hydrogens (tertiary/aromatic N) is 2. The van der Waals surface area contributed by atoms with Crippen LogP contribution in [0, 0.1) is 0 Å². The van der Waals surface area contributed by atoms with Crippen molar-refractivity contribution in [1.29, 1.82) is 0 Å². The predicted octanol–water partition coefficient (Wildman–Crippen LogP) is 3.14. The molecular formula is C14H15ClN4. The molecule has 1 aromatic heterocycles. The van der Waals surface area contributed by atoms with Crippen molar-refractivity contribution in [2.75, 3.05) is 11.5 Å².